The largest absolute Gasteiger partial charge is 0.311 e. The summed E-state index contributed by atoms with van der Waals surface area (Å²) in [4.78, 5) is 18.8. The molecule has 1 saturated heterocycles. The highest BCUT2D eigenvalue weighted by atomic mass is 35.5. The molecular formula is C16H18ClN3O3S. The predicted octanol–water partition coefficient (Wildman–Crippen LogP) is 2.30. The van der Waals surface area contributed by atoms with Gasteiger partial charge in [-0.05, 0) is 44.0 Å². The molecule has 128 valence electrons. The Bertz CT molecular complexity index is 894. The lowest BCUT2D eigenvalue weighted by atomic mass is 9.96. The van der Waals surface area contributed by atoms with Crippen LogP contribution in [0.2, 0.25) is 5.02 Å². The molecule has 8 heteroatoms. The molecule has 1 N–H and O–H groups in total. The first-order chi connectivity index (χ1) is 11.4. The minimum Gasteiger partial charge on any atom is -0.311 e. The maximum atomic E-state index is 12.8. The van der Waals surface area contributed by atoms with E-state index < -0.39 is 10.0 Å². The third-order valence-electron chi connectivity index (χ3n) is 4.13. The van der Waals surface area contributed by atoms with Gasteiger partial charge < -0.3 is 4.98 Å². The highest BCUT2D eigenvalue weighted by Gasteiger charge is 2.31. The van der Waals surface area contributed by atoms with Gasteiger partial charge in [-0.15, -0.1) is 0 Å². The van der Waals surface area contributed by atoms with Crippen LogP contribution in [0.4, 0.5) is 0 Å². The SMILES string of the molecule is Cc1nc(C2CCCN(S(=O)(=O)c3ccc(Cl)cc3)C2)cc(=O)[nH]1. The second-order valence-electron chi connectivity index (χ2n) is 5.91. The predicted molar refractivity (Wildman–Crippen MR) is 91.8 cm³/mol. The van der Waals surface area contributed by atoms with E-state index in [2.05, 4.69) is 9.97 Å². The van der Waals surface area contributed by atoms with Crippen LogP contribution in [0, 0.1) is 6.92 Å². The molecule has 1 aliphatic heterocycles. The summed E-state index contributed by atoms with van der Waals surface area (Å²) in [5.41, 5.74) is 0.433. The van der Waals surface area contributed by atoms with Crippen molar-refractivity contribution in [3.63, 3.8) is 0 Å². The van der Waals surface area contributed by atoms with Gasteiger partial charge in [0.15, 0.2) is 0 Å². The lowest BCUT2D eigenvalue weighted by Crippen LogP contribution is -2.39. The molecule has 0 spiro atoms. The Labute approximate surface area is 145 Å². The van der Waals surface area contributed by atoms with Gasteiger partial charge in [-0.2, -0.15) is 4.31 Å². The molecule has 6 nitrogen and oxygen atoms in total. The highest BCUT2D eigenvalue weighted by molar-refractivity contribution is 7.89. The fourth-order valence-electron chi connectivity index (χ4n) is 2.97. The van der Waals surface area contributed by atoms with E-state index in [0.717, 1.165) is 12.8 Å². The third-order valence-corrected chi connectivity index (χ3v) is 6.27. The summed E-state index contributed by atoms with van der Waals surface area (Å²) in [6.07, 6.45) is 1.54. The van der Waals surface area contributed by atoms with Crippen LogP contribution in [-0.2, 0) is 10.0 Å². The van der Waals surface area contributed by atoms with Gasteiger partial charge in [-0.3, -0.25) is 4.79 Å². The summed E-state index contributed by atoms with van der Waals surface area (Å²) >= 11 is 5.83. The molecule has 0 saturated carbocycles. The van der Waals surface area contributed by atoms with E-state index in [4.69, 9.17) is 11.6 Å². The van der Waals surface area contributed by atoms with Crippen LogP contribution < -0.4 is 5.56 Å². The number of hydrogen-bond donors (Lipinski definition) is 1. The molecule has 1 atom stereocenters. The summed E-state index contributed by atoms with van der Waals surface area (Å²) in [6.45, 7) is 2.50. The van der Waals surface area contributed by atoms with E-state index in [9.17, 15) is 13.2 Å². The molecule has 0 radical (unpaired) electrons. The minimum absolute atomic E-state index is 0.0816. The number of hydrogen-bond acceptors (Lipinski definition) is 4. The molecule has 24 heavy (non-hydrogen) atoms. The van der Waals surface area contributed by atoms with Crippen molar-refractivity contribution in [2.45, 2.75) is 30.6 Å². The number of aromatic nitrogens is 2. The van der Waals surface area contributed by atoms with Gasteiger partial charge in [-0.25, -0.2) is 13.4 Å². The van der Waals surface area contributed by atoms with Gasteiger partial charge in [0.25, 0.3) is 5.56 Å². The standard InChI is InChI=1S/C16H18ClN3O3S/c1-11-18-15(9-16(21)19-11)12-3-2-8-20(10-12)24(22,23)14-6-4-13(17)5-7-14/h4-7,9,12H,2-3,8,10H2,1H3,(H,18,19,21). The molecule has 1 aromatic heterocycles. The molecule has 1 aromatic carbocycles. The number of aryl methyl sites for hydroxylation is 1. The van der Waals surface area contributed by atoms with E-state index >= 15 is 0 Å². The number of nitrogens with zero attached hydrogens (tertiary/aromatic N) is 2. The lowest BCUT2D eigenvalue weighted by molar-refractivity contribution is 0.312. The monoisotopic (exact) mass is 367 g/mol. The zero-order valence-electron chi connectivity index (χ0n) is 13.2. The van der Waals surface area contributed by atoms with Crippen molar-refractivity contribution in [3.8, 4) is 0 Å². The summed E-state index contributed by atoms with van der Waals surface area (Å²) in [5, 5.41) is 0.494. The Morgan fingerprint density at radius 1 is 1.29 bits per heavy atom. The molecule has 0 aliphatic carbocycles. The molecule has 2 aromatic rings. The number of nitrogens with one attached hydrogen (secondary N) is 1. The van der Waals surface area contributed by atoms with Gasteiger partial charge in [0.1, 0.15) is 5.82 Å². The van der Waals surface area contributed by atoms with E-state index in [1.807, 2.05) is 0 Å². The van der Waals surface area contributed by atoms with Crippen LogP contribution in [0.5, 0.6) is 0 Å². The summed E-state index contributed by atoms with van der Waals surface area (Å²) in [7, 11) is -3.58. The van der Waals surface area contributed by atoms with Crippen molar-refractivity contribution >= 4 is 21.6 Å². The quantitative estimate of drug-likeness (QED) is 0.902. The summed E-state index contributed by atoms with van der Waals surface area (Å²) in [6, 6.07) is 7.61. The fraction of sp³-hybridized carbons (Fsp3) is 0.375. The Morgan fingerprint density at radius 2 is 2.00 bits per heavy atom. The van der Waals surface area contributed by atoms with Crippen LogP contribution in [0.1, 0.15) is 30.3 Å². The maximum absolute atomic E-state index is 12.8. The van der Waals surface area contributed by atoms with E-state index in [1.54, 1.807) is 19.1 Å². The number of sulfonamides is 1. The van der Waals surface area contributed by atoms with Crippen molar-refractivity contribution in [1.29, 1.82) is 0 Å². The molecule has 1 unspecified atom stereocenters. The molecular weight excluding hydrogens is 350 g/mol. The van der Waals surface area contributed by atoms with Crippen molar-refractivity contribution in [2.75, 3.05) is 13.1 Å². The zero-order valence-corrected chi connectivity index (χ0v) is 14.8. The normalized spacial score (nSPS) is 19.3. The summed E-state index contributed by atoms with van der Waals surface area (Å²) < 4.78 is 27.1. The second kappa shape index (κ2) is 6.66. The highest BCUT2D eigenvalue weighted by Crippen LogP contribution is 2.29. The topological polar surface area (TPSA) is 83.1 Å². The van der Waals surface area contributed by atoms with Crippen molar-refractivity contribution in [3.05, 3.63) is 57.2 Å². The number of halogens is 1. The lowest BCUT2D eigenvalue weighted by Gasteiger charge is -2.31. The molecule has 0 bridgehead atoms. The average Bonchev–Trinajstić information content (AvgIpc) is 2.54. The molecule has 2 heterocycles. The first-order valence-corrected chi connectivity index (χ1v) is 9.51. The van der Waals surface area contributed by atoms with Gasteiger partial charge in [0, 0.05) is 30.1 Å². The van der Waals surface area contributed by atoms with Gasteiger partial charge in [0.2, 0.25) is 10.0 Å². The van der Waals surface area contributed by atoms with Gasteiger partial charge >= 0.3 is 0 Å². The van der Waals surface area contributed by atoms with Crippen LogP contribution in [0.3, 0.4) is 0 Å². The number of rotatable bonds is 3. The fourth-order valence-corrected chi connectivity index (χ4v) is 4.62. The Balaban J connectivity index is 1.87. The Morgan fingerprint density at radius 3 is 2.67 bits per heavy atom. The van der Waals surface area contributed by atoms with Crippen LogP contribution in [0.25, 0.3) is 0 Å². The van der Waals surface area contributed by atoms with E-state index in [1.165, 1.54) is 22.5 Å². The van der Waals surface area contributed by atoms with Crippen molar-refractivity contribution in [2.24, 2.45) is 0 Å². The number of piperidine rings is 1. The number of benzene rings is 1. The van der Waals surface area contributed by atoms with E-state index in [0.29, 0.717) is 29.6 Å². The van der Waals surface area contributed by atoms with Crippen LogP contribution in [0.15, 0.2) is 40.0 Å². The third kappa shape index (κ3) is 3.53. The Kier molecular flexibility index (Phi) is 4.76. The number of aromatic amines is 1. The first-order valence-electron chi connectivity index (χ1n) is 7.70. The zero-order chi connectivity index (χ0) is 17.3. The smallest absolute Gasteiger partial charge is 0.251 e. The molecule has 3 rings (SSSR count). The first kappa shape index (κ1) is 17.1. The van der Waals surface area contributed by atoms with Crippen molar-refractivity contribution < 1.29 is 8.42 Å². The van der Waals surface area contributed by atoms with Gasteiger partial charge in [-0.1, -0.05) is 11.6 Å². The van der Waals surface area contributed by atoms with Crippen LogP contribution in [-0.4, -0.2) is 35.8 Å². The van der Waals surface area contributed by atoms with Crippen molar-refractivity contribution in [1.82, 2.24) is 14.3 Å². The molecule has 1 aliphatic rings. The average molecular weight is 368 g/mol. The second-order valence-corrected chi connectivity index (χ2v) is 8.29. The molecule has 1 fully saturated rings. The van der Waals surface area contributed by atoms with Crippen LogP contribution >= 0.6 is 11.6 Å². The number of H-pyrrole nitrogens is 1. The van der Waals surface area contributed by atoms with E-state index in [-0.39, 0.29) is 16.4 Å². The molecule has 0 amide bonds. The summed E-state index contributed by atoms with van der Waals surface area (Å²) in [5.74, 6) is 0.456. The minimum atomic E-state index is -3.58. The Hall–Kier alpha value is -1.70. The van der Waals surface area contributed by atoms with Gasteiger partial charge in [0.05, 0.1) is 10.6 Å². The maximum Gasteiger partial charge on any atom is 0.251 e.